The van der Waals surface area contributed by atoms with Crippen LogP contribution in [0.5, 0.6) is 0 Å². The minimum Gasteiger partial charge on any atom is -0.287 e. The first-order valence-corrected chi connectivity index (χ1v) is 8.64. The lowest BCUT2D eigenvalue weighted by molar-refractivity contribution is 0.558. The predicted molar refractivity (Wildman–Crippen MR) is 89.2 cm³/mol. The fourth-order valence-corrected chi connectivity index (χ4v) is 3.90. The second-order valence-electron chi connectivity index (χ2n) is 4.77. The van der Waals surface area contributed by atoms with E-state index in [2.05, 4.69) is 13.5 Å². The second kappa shape index (κ2) is 6.59. The molecule has 0 fully saturated rings. The quantitative estimate of drug-likeness (QED) is 0.457. The molecule has 2 aromatic heterocycles. The molecule has 2 rings (SSSR count). The molecule has 0 aliphatic carbocycles. The molecule has 0 aromatic carbocycles. The van der Waals surface area contributed by atoms with Gasteiger partial charge in [0.15, 0.2) is 5.16 Å². The van der Waals surface area contributed by atoms with E-state index in [1.54, 1.807) is 23.1 Å². The number of hydrogen-bond donors (Lipinski definition) is 0. The third-order valence-electron chi connectivity index (χ3n) is 3.32. The minimum absolute atomic E-state index is 0.108. The number of unbranched alkanes of at least 4 members (excludes halogenated alkanes) is 1. The highest BCUT2D eigenvalue weighted by Crippen LogP contribution is 2.28. The fourth-order valence-electron chi connectivity index (χ4n) is 2.07. The maximum atomic E-state index is 12.7. The maximum absolute atomic E-state index is 12.7. The number of rotatable bonds is 6. The summed E-state index contributed by atoms with van der Waals surface area (Å²) >= 11 is 3.19. The van der Waals surface area contributed by atoms with Gasteiger partial charge in [-0.05, 0) is 25.8 Å². The van der Waals surface area contributed by atoms with Gasteiger partial charge in [0, 0.05) is 17.2 Å². The van der Waals surface area contributed by atoms with E-state index in [0.29, 0.717) is 0 Å². The van der Waals surface area contributed by atoms with Gasteiger partial charge in [0.05, 0.1) is 5.39 Å². The van der Waals surface area contributed by atoms with Crippen LogP contribution in [0.15, 0.2) is 22.6 Å². The Bertz CT molecular complexity index is 685. The molecular formula is C15H20N2OS2. The van der Waals surface area contributed by atoms with Gasteiger partial charge in [0.2, 0.25) is 0 Å². The fraction of sp³-hybridized carbons (Fsp3) is 0.467. The van der Waals surface area contributed by atoms with Gasteiger partial charge in [-0.3, -0.25) is 9.36 Å². The van der Waals surface area contributed by atoms with Gasteiger partial charge < -0.3 is 0 Å². The van der Waals surface area contributed by atoms with Crippen molar-refractivity contribution in [1.82, 2.24) is 9.55 Å². The lowest BCUT2D eigenvalue weighted by Crippen LogP contribution is -2.23. The number of aromatic nitrogens is 2. The molecule has 108 valence electrons. The Hall–Kier alpha value is -1.07. The Balaban J connectivity index is 2.62. The van der Waals surface area contributed by atoms with Crippen LogP contribution in [0.3, 0.4) is 0 Å². The Kier molecular flexibility index (Phi) is 5.05. The highest BCUT2D eigenvalue weighted by Gasteiger charge is 2.16. The summed E-state index contributed by atoms with van der Waals surface area (Å²) in [5.74, 6) is 0.771. The van der Waals surface area contributed by atoms with Crippen LogP contribution in [0.25, 0.3) is 10.2 Å². The van der Waals surface area contributed by atoms with Crippen molar-refractivity contribution in [2.75, 3.05) is 5.75 Å². The molecule has 0 spiro atoms. The molecule has 0 aliphatic rings. The zero-order valence-electron chi connectivity index (χ0n) is 12.2. The largest absolute Gasteiger partial charge is 0.287 e. The first-order valence-electron chi connectivity index (χ1n) is 6.84. The Morgan fingerprint density at radius 3 is 2.85 bits per heavy atom. The molecule has 3 nitrogen and oxygen atoms in total. The molecule has 0 radical (unpaired) electrons. The SMILES string of the molecule is C=CCSc1nc2sc(C)c(C)c2c(=O)n1CCCC. The van der Waals surface area contributed by atoms with E-state index < -0.39 is 0 Å². The number of fused-ring (bicyclic) bond motifs is 1. The van der Waals surface area contributed by atoms with E-state index in [-0.39, 0.29) is 5.56 Å². The van der Waals surface area contributed by atoms with Crippen LogP contribution in [0.4, 0.5) is 0 Å². The summed E-state index contributed by atoms with van der Waals surface area (Å²) in [6, 6.07) is 0. The van der Waals surface area contributed by atoms with Crippen LogP contribution < -0.4 is 5.56 Å². The Morgan fingerprint density at radius 1 is 1.45 bits per heavy atom. The molecule has 2 heterocycles. The van der Waals surface area contributed by atoms with Crippen molar-refractivity contribution < 1.29 is 0 Å². The minimum atomic E-state index is 0.108. The zero-order chi connectivity index (χ0) is 14.7. The molecule has 0 saturated heterocycles. The molecule has 20 heavy (non-hydrogen) atoms. The van der Waals surface area contributed by atoms with Gasteiger partial charge >= 0.3 is 0 Å². The molecule has 0 aliphatic heterocycles. The highest BCUT2D eigenvalue weighted by molar-refractivity contribution is 7.99. The molecular weight excluding hydrogens is 288 g/mol. The normalized spacial score (nSPS) is 11.2. The van der Waals surface area contributed by atoms with Crippen LogP contribution in [-0.2, 0) is 6.54 Å². The van der Waals surface area contributed by atoms with Gasteiger partial charge in [-0.2, -0.15) is 0 Å². The van der Waals surface area contributed by atoms with Crippen molar-refractivity contribution in [3.8, 4) is 0 Å². The molecule has 0 saturated carbocycles. The molecule has 2 aromatic rings. The summed E-state index contributed by atoms with van der Waals surface area (Å²) in [7, 11) is 0. The number of thiophene rings is 1. The summed E-state index contributed by atoms with van der Waals surface area (Å²) in [5, 5.41) is 1.61. The van der Waals surface area contributed by atoms with E-state index in [1.807, 2.05) is 24.5 Å². The van der Waals surface area contributed by atoms with Gasteiger partial charge in [0.25, 0.3) is 5.56 Å². The number of hydrogen-bond acceptors (Lipinski definition) is 4. The summed E-state index contributed by atoms with van der Waals surface area (Å²) < 4.78 is 1.83. The van der Waals surface area contributed by atoms with Crippen molar-refractivity contribution in [3.05, 3.63) is 33.4 Å². The van der Waals surface area contributed by atoms with Crippen molar-refractivity contribution in [2.24, 2.45) is 0 Å². The van der Waals surface area contributed by atoms with Crippen molar-refractivity contribution in [2.45, 2.75) is 45.3 Å². The van der Waals surface area contributed by atoms with Gasteiger partial charge in [0.1, 0.15) is 4.83 Å². The Labute approximate surface area is 127 Å². The van der Waals surface area contributed by atoms with E-state index in [1.165, 1.54) is 4.88 Å². The molecule has 0 unspecified atom stereocenters. The standard InChI is InChI=1S/C15H20N2OS2/c1-5-7-8-17-14(18)12-10(3)11(4)20-13(12)16-15(17)19-9-6-2/h6H,2,5,7-9H2,1,3-4H3. The summed E-state index contributed by atoms with van der Waals surface area (Å²) in [5.41, 5.74) is 1.19. The van der Waals surface area contributed by atoms with Gasteiger partial charge in [-0.15, -0.1) is 17.9 Å². The third-order valence-corrected chi connectivity index (χ3v) is 5.39. The number of thioether (sulfide) groups is 1. The van der Waals surface area contributed by atoms with Crippen LogP contribution in [0.2, 0.25) is 0 Å². The van der Waals surface area contributed by atoms with Crippen molar-refractivity contribution >= 4 is 33.3 Å². The van der Waals surface area contributed by atoms with Crippen LogP contribution >= 0.6 is 23.1 Å². The highest BCUT2D eigenvalue weighted by atomic mass is 32.2. The van der Waals surface area contributed by atoms with E-state index in [4.69, 9.17) is 4.98 Å². The van der Waals surface area contributed by atoms with Crippen LogP contribution in [-0.4, -0.2) is 15.3 Å². The third kappa shape index (κ3) is 2.83. The van der Waals surface area contributed by atoms with Crippen LogP contribution in [0, 0.1) is 13.8 Å². The molecule has 0 amide bonds. The first kappa shape index (κ1) is 15.3. The van der Waals surface area contributed by atoms with Crippen molar-refractivity contribution in [1.29, 1.82) is 0 Å². The second-order valence-corrected chi connectivity index (χ2v) is 6.96. The van der Waals surface area contributed by atoms with Gasteiger partial charge in [-0.25, -0.2) is 4.98 Å². The smallest absolute Gasteiger partial charge is 0.263 e. The topological polar surface area (TPSA) is 34.9 Å². The Morgan fingerprint density at radius 2 is 2.20 bits per heavy atom. The summed E-state index contributed by atoms with van der Waals surface area (Å²) in [6.07, 6.45) is 3.91. The zero-order valence-corrected chi connectivity index (χ0v) is 13.9. The van der Waals surface area contributed by atoms with Crippen molar-refractivity contribution in [3.63, 3.8) is 0 Å². The van der Waals surface area contributed by atoms with Crippen LogP contribution in [0.1, 0.15) is 30.2 Å². The molecule has 5 heteroatoms. The first-order chi connectivity index (χ1) is 9.60. The maximum Gasteiger partial charge on any atom is 0.263 e. The van der Waals surface area contributed by atoms with E-state index >= 15 is 0 Å². The predicted octanol–water partition coefficient (Wildman–Crippen LogP) is 4.15. The average Bonchev–Trinajstić information content (AvgIpc) is 2.71. The molecule has 0 N–H and O–H groups in total. The van der Waals surface area contributed by atoms with Gasteiger partial charge in [-0.1, -0.05) is 31.2 Å². The molecule has 0 atom stereocenters. The average molecular weight is 308 g/mol. The van der Waals surface area contributed by atoms with E-state index in [9.17, 15) is 4.79 Å². The lowest BCUT2D eigenvalue weighted by Gasteiger charge is -2.10. The number of nitrogens with zero attached hydrogens (tertiary/aromatic N) is 2. The van der Waals surface area contributed by atoms with E-state index in [0.717, 1.165) is 46.1 Å². The lowest BCUT2D eigenvalue weighted by atomic mass is 10.2. The molecule has 0 bridgehead atoms. The monoisotopic (exact) mass is 308 g/mol. The summed E-state index contributed by atoms with van der Waals surface area (Å²) in [6.45, 7) is 10.7. The summed E-state index contributed by atoms with van der Waals surface area (Å²) in [4.78, 5) is 19.5. The number of aryl methyl sites for hydroxylation is 2.